The number of benzene rings is 2. The van der Waals surface area contributed by atoms with E-state index in [2.05, 4.69) is 31.2 Å². The first-order valence-electron chi connectivity index (χ1n) is 5.84. The molecule has 0 radical (unpaired) electrons. The summed E-state index contributed by atoms with van der Waals surface area (Å²) in [5.41, 5.74) is 17.5. The van der Waals surface area contributed by atoms with E-state index in [1.54, 1.807) is 0 Å². The molecule has 2 aromatic rings. The highest BCUT2D eigenvalue weighted by Gasteiger charge is 2.07. The lowest BCUT2D eigenvalue weighted by molar-refractivity contribution is 1.06. The first-order valence-corrected chi connectivity index (χ1v) is 5.84. The van der Waals surface area contributed by atoms with Crippen LogP contribution in [0.5, 0.6) is 0 Å². The largest absolute Gasteiger partial charge is 0.326 e. The Balaban J connectivity index is 2.58. The first kappa shape index (κ1) is 11.8. The highest BCUT2D eigenvalue weighted by molar-refractivity contribution is 5.71. The molecule has 17 heavy (non-hydrogen) atoms. The zero-order valence-electron chi connectivity index (χ0n) is 10.1. The summed E-state index contributed by atoms with van der Waals surface area (Å²) in [5.74, 6) is 0. The fourth-order valence-electron chi connectivity index (χ4n) is 2.17. The normalized spacial score (nSPS) is 10.5. The molecule has 0 atom stereocenters. The topological polar surface area (TPSA) is 52.0 Å². The van der Waals surface area contributed by atoms with Gasteiger partial charge in [0.1, 0.15) is 0 Å². The average Bonchev–Trinajstić information content (AvgIpc) is 2.38. The van der Waals surface area contributed by atoms with Crippen LogP contribution in [-0.2, 0) is 13.1 Å². The van der Waals surface area contributed by atoms with Crippen LogP contribution in [0, 0.1) is 6.92 Å². The maximum atomic E-state index is 5.80. The van der Waals surface area contributed by atoms with E-state index in [9.17, 15) is 0 Å². The minimum Gasteiger partial charge on any atom is -0.326 e. The molecule has 0 unspecified atom stereocenters. The summed E-state index contributed by atoms with van der Waals surface area (Å²) < 4.78 is 0. The Morgan fingerprint density at radius 2 is 1.71 bits per heavy atom. The highest BCUT2D eigenvalue weighted by Crippen LogP contribution is 2.27. The van der Waals surface area contributed by atoms with Crippen molar-refractivity contribution in [1.29, 1.82) is 0 Å². The van der Waals surface area contributed by atoms with Gasteiger partial charge in [0.05, 0.1) is 0 Å². The second kappa shape index (κ2) is 5.13. The average molecular weight is 226 g/mol. The van der Waals surface area contributed by atoms with Gasteiger partial charge < -0.3 is 11.5 Å². The molecule has 0 saturated carbocycles. The molecule has 0 fully saturated rings. The van der Waals surface area contributed by atoms with Gasteiger partial charge >= 0.3 is 0 Å². The summed E-state index contributed by atoms with van der Waals surface area (Å²) >= 11 is 0. The lowest BCUT2D eigenvalue weighted by Crippen LogP contribution is -2.01. The molecule has 2 nitrogen and oxygen atoms in total. The van der Waals surface area contributed by atoms with Gasteiger partial charge in [-0.15, -0.1) is 0 Å². The molecule has 2 rings (SSSR count). The number of hydrogen-bond acceptors (Lipinski definition) is 2. The van der Waals surface area contributed by atoms with Crippen molar-refractivity contribution in [2.24, 2.45) is 11.5 Å². The molecule has 0 aliphatic rings. The van der Waals surface area contributed by atoms with Crippen LogP contribution in [0.4, 0.5) is 0 Å². The van der Waals surface area contributed by atoms with E-state index in [4.69, 9.17) is 11.5 Å². The van der Waals surface area contributed by atoms with Crippen LogP contribution in [0.3, 0.4) is 0 Å². The van der Waals surface area contributed by atoms with Gasteiger partial charge in [-0.25, -0.2) is 0 Å². The van der Waals surface area contributed by atoms with E-state index < -0.39 is 0 Å². The lowest BCUT2D eigenvalue weighted by Gasteiger charge is -2.12. The van der Waals surface area contributed by atoms with Gasteiger partial charge in [0.2, 0.25) is 0 Å². The molecule has 0 aliphatic heterocycles. The van der Waals surface area contributed by atoms with E-state index in [1.807, 2.05) is 18.2 Å². The van der Waals surface area contributed by atoms with Gasteiger partial charge in [-0.1, -0.05) is 36.4 Å². The van der Waals surface area contributed by atoms with Crippen molar-refractivity contribution in [3.63, 3.8) is 0 Å². The molecule has 4 N–H and O–H groups in total. The van der Waals surface area contributed by atoms with Gasteiger partial charge in [0, 0.05) is 13.1 Å². The molecule has 0 aliphatic carbocycles. The van der Waals surface area contributed by atoms with Crippen LogP contribution < -0.4 is 11.5 Å². The van der Waals surface area contributed by atoms with E-state index in [-0.39, 0.29) is 0 Å². The smallest absolute Gasteiger partial charge is 0.0184 e. The summed E-state index contributed by atoms with van der Waals surface area (Å²) in [6.45, 7) is 3.24. The van der Waals surface area contributed by atoms with Crippen molar-refractivity contribution in [1.82, 2.24) is 0 Å². The number of nitrogens with two attached hydrogens (primary N) is 2. The van der Waals surface area contributed by atoms with Crippen molar-refractivity contribution < 1.29 is 0 Å². The quantitative estimate of drug-likeness (QED) is 0.845. The SMILES string of the molecule is Cc1cccc(CN)c1-c1cccc(CN)c1. The Hall–Kier alpha value is -1.64. The van der Waals surface area contributed by atoms with Crippen molar-refractivity contribution in [3.05, 3.63) is 59.2 Å². The summed E-state index contributed by atoms with van der Waals surface area (Å²) in [4.78, 5) is 0. The molecular formula is C15H18N2. The summed E-state index contributed by atoms with van der Waals surface area (Å²) in [5, 5.41) is 0. The minimum absolute atomic E-state index is 0.559. The number of rotatable bonds is 3. The Labute approximate surface area is 102 Å². The van der Waals surface area contributed by atoms with Gasteiger partial charge in [0.25, 0.3) is 0 Å². The fourth-order valence-corrected chi connectivity index (χ4v) is 2.17. The summed E-state index contributed by atoms with van der Waals surface area (Å²) in [6, 6.07) is 14.6. The molecule has 0 saturated heterocycles. The van der Waals surface area contributed by atoms with Crippen LogP contribution in [0.25, 0.3) is 11.1 Å². The lowest BCUT2D eigenvalue weighted by atomic mass is 9.94. The van der Waals surface area contributed by atoms with Crippen molar-refractivity contribution in [2.45, 2.75) is 20.0 Å². The van der Waals surface area contributed by atoms with Gasteiger partial charge in [-0.05, 0) is 40.8 Å². The second-order valence-corrected chi connectivity index (χ2v) is 4.22. The third-order valence-corrected chi connectivity index (χ3v) is 3.03. The zero-order chi connectivity index (χ0) is 12.3. The zero-order valence-corrected chi connectivity index (χ0v) is 10.1. The van der Waals surface area contributed by atoms with Crippen LogP contribution in [0.15, 0.2) is 42.5 Å². The van der Waals surface area contributed by atoms with Crippen molar-refractivity contribution >= 4 is 0 Å². The Bertz CT molecular complexity index is 518. The monoisotopic (exact) mass is 226 g/mol. The number of aryl methyl sites for hydroxylation is 1. The molecular weight excluding hydrogens is 208 g/mol. The third-order valence-electron chi connectivity index (χ3n) is 3.03. The number of hydrogen-bond donors (Lipinski definition) is 2. The molecule has 0 heterocycles. The van der Waals surface area contributed by atoms with E-state index in [0.717, 1.165) is 5.56 Å². The van der Waals surface area contributed by atoms with Crippen molar-refractivity contribution in [2.75, 3.05) is 0 Å². The van der Waals surface area contributed by atoms with Crippen LogP contribution in [-0.4, -0.2) is 0 Å². The van der Waals surface area contributed by atoms with Gasteiger partial charge in [0.15, 0.2) is 0 Å². The van der Waals surface area contributed by atoms with Crippen LogP contribution in [0.1, 0.15) is 16.7 Å². The molecule has 88 valence electrons. The molecule has 0 spiro atoms. The Morgan fingerprint density at radius 3 is 2.41 bits per heavy atom. The van der Waals surface area contributed by atoms with Crippen molar-refractivity contribution in [3.8, 4) is 11.1 Å². The highest BCUT2D eigenvalue weighted by atomic mass is 14.5. The van der Waals surface area contributed by atoms with Gasteiger partial charge in [-0.2, -0.15) is 0 Å². The predicted octanol–water partition coefficient (Wildman–Crippen LogP) is 2.58. The fraction of sp³-hybridized carbons (Fsp3) is 0.200. The molecule has 2 aromatic carbocycles. The first-order chi connectivity index (χ1) is 8.26. The van der Waals surface area contributed by atoms with E-state index in [1.165, 1.54) is 22.3 Å². The third kappa shape index (κ3) is 2.38. The predicted molar refractivity (Wildman–Crippen MR) is 72.4 cm³/mol. The summed E-state index contributed by atoms with van der Waals surface area (Å²) in [7, 11) is 0. The Morgan fingerprint density at radius 1 is 0.941 bits per heavy atom. The van der Waals surface area contributed by atoms with Crippen LogP contribution >= 0.6 is 0 Å². The van der Waals surface area contributed by atoms with Crippen LogP contribution in [0.2, 0.25) is 0 Å². The standard InChI is InChI=1S/C15H18N2/c1-11-4-2-7-14(10-17)15(11)13-6-3-5-12(8-13)9-16/h2-8H,9-10,16-17H2,1H3. The van der Waals surface area contributed by atoms with E-state index >= 15 is 0 Å². The summed E-state index contributed by atoms with van der Waals surface area (Å²) in [6.07, 6.45) is 0. The second-order valence-electron chi connectivity index (χ2n) is 4.22. The van der Waals surface area contributed by atoms with E-state index in [0.29, 0.717) is 13.1 Å². The molecule has 0 aromatic heterocycles. The maximum Gasteiger partial charge on any atom is 0.0184 e. The minimum atomic E-state index is 0.559. The maximum absolute atomic E-state index is 5.80. The Kier molecular flexibility index (Phi) is 3.57. The molecule has 2 heteroatoms. The van der Waals surface area contributed by atoms with Gasteiger partial charge in [-0.3, -0.25) is 0 Å². The molecule has 0 bridgehead atoms. The molecule has 0 amide bonds.